The Labute approximate surface area is 193 Å². The zero-order valence-corrected chi connectivity index (χ0v) is 18.4. The summed E-state index contributed by atoms with van der Waals surface area (Å²) < 4.78 is 21.0. The molecule has 0 bridgehead atoms. The van der Waals surface area contributed by atoms with Gasteiger partial charge in [0.1, 0.15) is 11.4 Å². The molecule has 8 nitrogen and oxygen atoms in total. The van der Waals surface area contributed by atoms with Gasteiger partial charge in [-0.05, 0) is 56.9 Å². The largest absolute Gasteiger partial charge is 0.462 e. The average molecular weight is 472 g/mol. The topological polar surface area (TPSA) is 104 Å². The first kappa shape index (κ1) is 22.6. The van der Waals surface area contributed by atoms with Crippen LogP contribution >= 0.6 is 11.6 Å². The lowest BCUT2D eigenvalue weighted by atomic mass is 9.93. The highest BCUT2D eigenvalue weighted by molar-refractivity contribution is 6.34. The number of halogens is 2. The number of nitro benzene ring substituents is 1. The second-order valence-corrected chi connectivity index (χ2v) is 7.91. The number of benzene rings is 2. The molecule has 0 aliphatic heterocycles. The first-order valence-electron chi connectivity index (χ1n) is 10.4. The van der Waals surface area contributed by atoms with Crippen molar-refractivity contribution in [2.24, 2.45) is 0 Å². The number of hydrogen-bond donors (Lipinski definition) is 0. The molecule has 2 aromatic carbocycles. The molecule has 0 N–H and O–H groups in total. The van der Waals surface area contributed by atoms with E-state index in [2.05, 4.69) is 5.10 Å². The van der Waals surface area contributed by atoms with E-state index in [-0.39, 0.29) is 34.0 Å². The minimum absolute atomic E-state index is 0.0640. The molecular formula is C23H19ClFN3O5. The summed E-state index contributed by atoms with van der Waals surface area (Å²) in [6, 6.07) is 7.91. The first-order valence-corrected chi connectivity index (χ1v) is 10.8. The first-order chi connectivity index (χ1) is 15.8. The van der Waals surface area contributed by atoms with Crippen molar-refractivity contribution in [1.82, 2.24) is 9.78 Å². The van der Waals surface area contributed by atoms with Crippen molar-refractivity contribution in [1.29, 1.82) is 0 Å². The van der Waals surface area contributed by atoms with E-state index < -0.39 is 28.3 Å². The Morgan fingerprint density at radius 1 is 1.24 bits per heavy atom. The van der Waals surface area contributed by atoms with E-state index in [9.17, 15) is 19.7 Å². The van der Waals surface area contributed by atoms with Gasteiger partial charge in [0.25, 0.3) is 11.6 Å². The number of carbonyl (C=O) groups is 2. The summed E-state index contributed by atoms with van der Waals surface area (Å²) >= 11 is 6.15. The number of aromatic nitrogens is 2. The number of fused-ring (bicyclic) bond motifs is 1. The minimum Gasteiger partial charge on any atom is -0.462 e. The Balaban J connectivity index is 1.84. The molecule has 33 heavy (non-hydrogen) atoms. The summed E-state index contributed by atoms with van der Waals surface area (Å²) in [5, 5.41) is 15.8. The molecule has 0 spiro atoms. The van der Waals surface area contributed by atoms with Crippen LogP contribution in [0.5, 0.6) is 0 Å². The average Bonchev–Trinajstić information content (AvgIpc) is 3.18. The van der Waals surface area contributed by atoms with Crippen LogP contribution in [0.25, 0.3) is 11.3 Å². The van der Waals surface area contributed by atoms with E-state index in [1.54, 1.807) is 6.92 Å². The van der Waals surface area contributed by atoms with Crippen LogP contribution in [-0.4, -0.2) is 33.2 Å². The number of nitrogens with zero attached hydrogens (tertiary/aromatic N) is 3. The molecule has 1 aliphatic carbocycles. The molecular weight excluding hydrogens is 453 g/mol. The molecule has 4 rings (SSSR count). The van der Waals surface area contributed by atoms with Gasteiger partial charge in [-0.1, -0.05) is 17.7 Å². The summed E-state index contributed by atoms with van der Waals surface area (Å²) in [6.07, 6.45) is 2.70. The highest BCUT2D eigenvalue weighted by atomic mass is 35.5. The minimum atomic E-state index is -0.750. The predicted octanol–water partition coefficient (Wildman–Crippen LogP) is 4.99. The van der Waals surface area contributed by atoms with Crippen LogP contribution in [0.1, 0.15) is 51.7 Å². The number of rotatable bonds is 5. The van der Waals surface area contributed by atoms with Gasteiger partial charge >= 0.3 is 5.97 Å². The molecule has 0 unspecified atom stereocenters. The lowest BCUT2D eigenvalue weighted by molar-refractivity contribution is -0.385. The molecule has 0 radical (unpaired) electrons. The summed E-state index contributed by atoms with van der Waals surface area (Å²) in [5.74, 6) is -2.08. The van der Waals surface area contributed by atoms with Gasteiger partial charge in [0.05, 0.1) is 33.5 Å². The van der Waals surface area contributed by atoms with Crippen molar-refractivity contribution < 1.29 is 23.6 Å². The molecule has 1 heterocycles. The van der Waals surface area contributed by atoms with E-state index in [0.29, 0.717) is 24.1 Å². The van der Waals surface area contributed by atoms with Crippen LogP contribution < -0.4 is 0 Å². The van der Waals surface area contributed by atoms with Crippen LogP contribution in [0.15, 0.2) is 36.4 Å². The molecule has 0 saturated heterocycles. The number of ether oxygens (including phenoxy) is 1. The standard InChI is InChI=1S/C23H19ClFN3O5/c1-2-33-23(30)13-10-11-14(17(25)12-13)21-15-6-3-4-8-18(15)27(26-21)22(29)20-16(24)7-5-9-19(20)28(31)32/h5,7,9-12H,2-4,6,8H2,1H3. The fraction of sp³-hybridized carbons (Fsp3) is 0.261. The maximum atomic E-state index is 15.0. The van der Waals surface area contributed by atoms with Crippen molar-refractivity contribution in [3.63, 3.8) is 0 Å². The van der Waals surface area contributed by atoms with E-state index in [1.165, 1.54) is 30.3 Å². The quantitative estimate of drug-likeness (QED) is 0.295. The van der Waals surface area contributed by atoms with E-state index >= 15 is 4.39 Å². The number of esters is 1. The zero-order valence-electron chi connectivity index (χ0n) is 17.6. The van der Waals surface area contributed by atoms with Crippen molar-refractivity contribution in [2.45, 2.75) is 32.6 Å². The van der Waals surface area contributed by atoms with Crippen molar-refractivity contribution >= 4 is 29.2 Å². The molecule has 0 atom stereocenters. The van der Waals surface area contributed by atoms with Gasteiger partial charge in [0.15, 0.2) is 0 Å². The fourth-order valence-electron chi connectivity index (χ4n) is 4.01. The van der Waals surface area contributed by atoms with Gasteiger partial charge in [-0.2, -0.15) is 9.78 Å². The maximum absolute atomic E-state index is 15.0. The SMILES string of the molecule is CCOC(=O)c1ccc(-c2nn(C(=O)c3c(Cl)cccc3[N+](=O)[O-])c3c2CCCC3)c(F)c1. The second kappa shape index (κ2) is 9.11. The van der Waals surface area contributed by atoms with Gasteiger partial charge in [-0.3, -0.25) is 14.9 Å². The van der Waals surface area contributed by atoms with Crippen LogP contribution in [0.2, 0.25) is 5.02 Å². The normalized spacial score (nSPS) is 12.8. The van der Waals surface area contributed by atoms with Gasteiger partial charge in [0, 0.05) is 17.2 Å². The third-order valence-electron chi connectivity index (χ3n) is 5.51. The Morgan fingerprint density at radius 2 is 2.00 bits per heavy atom. The number of nitro groups is 1. The Bertz CT molecular complexity index is 1290. The highest BCUT2D eigenvalue weighted by Gasteiger charge is 2.31. The number of carbonyl (C=O) groups excluding carboxylic acids is 2. The molecule has 3 aromatic rings. The molecule has 1 aliphatic rings. The van der Waals surface area contributed by atoms with E-state index in [1.807, 2.05) is 0 Å². The molecule has 10 heteroatoms. The molecule has 170 valence electrons. The van der Waals surface area contributed by atoms with Gasteiger partial charge in [0.2, 0.25) is 0 Å². The zero-order chi connectivity index (χ0) is 23.7. The summed E-state index contributed by atoms with van der Waals surface area (Å²) in [4.78, 5) is 36.1. The highest BCUT2D eigenvalue weighted by Crippen LogP contribution is 2.35. The molecule has 0 fully saturated rings. The van der Waals surface area contributed by atoms with E-state index in [4.69, 9.17) is 16.3 Å². The predicted molar refractivity (Wildman–Crippen MR) is 118 cm³/mol. The summed E-state index contributed by atoms with van der Waals surface area (Å²) in [6.45, 7) is 1.82. The van der Waals surface area contributed by atoms with Gasteiger partial charge in [-0.15, -0.1) is 0 Å². The third kappa shape index (κ3) is 4.11. The van der Waals surface area contributed by atoms with Gasteiger partial charge < -0.3 is 4.74 Å². The molecule has 0 saturated carbocycles. The van der Waals surface area contributed by atoms with Crippen LogP contribution in [0.3, 0.4) is 0 Å². The third-order valence-corrected chi connectivity index (χ3v) is 5.83. The van der Waals surface area contributed by atoms with Crippen molar-refractivity contribution in [2.75, 3.05) is 6.61 Å². The van der Waals surface area contributed by atoms with Crippen molar-refractivity contribution in [3.8, 4) is 11.3 Å². The Hall–Kier alpha value is -3.59. The lowest BCUT2D eigenvalue weighted by Crippen LogP contribution is -2.20. The molecule has 0 amide bonds. The van der Waals surface area contributed by atoms with Crippen LogP contribution in [0.4, 0.5) is 10.1 Å². The van der Waals surface area contributed by atoms with Crippen LogP contribution in [0, 0.1) is 15.9 Å². The van der Waals surface area contributed by atoms with Crippen LogP contribution in [-0.2, 0) is 17.6 Å². The van der Waals surface area contributed by atoms with E-state index in [0.717, 1.165) is 23.6 Å². The summed E-state index contributed by atoms with van der Waals surface area (Å²) in [7, 11) is 0. The number of hydrogen-bond acceptors (Lipinski definition) is 6. The Morgan fingerprint density at radius 3 is 2.70 bits per heavy atom. The summed E-state index contributed by atoms with van der Waals surface area (Å²) in [5.41, 5.74) is 1.02. The smallest absolute Gasteiger partial charge is 0.338 e. The lowest BCUT2D eigenvalue weighted by Gasteiger charge is -2.14. The second-order valence-electron chi connectivity index (χ2n) is 7.50. The molecule has 1 aromatic heterocycles. The van der Waals surface area contributed by atoms with Gasteiger partial charge in [-0.25, -0.2) is 9.18 Å². The van der Waals surface area contributed by atoms with Crippen molar-refractivity contribution in [3.05, 3.63) is 79.7 Å². The Kier molecular flexibility index (Phi) is 6.24. The fourth-order valence-corrected chi connectivity index (χ4v) is 4.26. The maximum Gasteiger partial charge on any atom is 0.338 e. The monoisotopic (exact) mass is 471 g/mol.